The Morgan fingerprint density at radius 1 is 1.41 bits per heavy atom. The maximum Gasteiger partial charge on any atom is 0.253 e. The second kappa shape index (κ2) is 4.96. The Labute approximate surface area is 106 Å². The van der Waals surface area contributed by atoms with Crippen LogP contribution in [-0.4, -0.2) is 34.4 Å². The van der Waals surface area contributed by atoms with E-state index in [0.717, 1.165) is 6.42 Å². The molecule has 0 aliphatic carbocycles. The molecule has 2 rings (SSSR count). The van der Waals surface area contributed by atoms with Crippen LogP contribution in [0.25, 0.3) is 0 Å². The van der Waals surface area contributed by atoms with Gasteiger partial charge in [0.25, 0.3) is 5.91 Å². The highest BCUT2D eigenvalue weighted by Gasteiger charge is 2.27. The fraction of sp³-hybridized carbons (Fsp3) is 0.462. The number of rotatable bonds is 1. The second-order valence-electron chi connectivity index (χ2n) is 4.58. The van der Waals surface area contributed by atoms with Crippen molar-refractivity contribution in [2.24, 2.45) is 5.92 Å². The summed E-state index contributed by atoms with van der Waals surface area (Å²) in [5.74, 6) is 0.515. The molecule has 4 heteroatoms. The number of carbonyl (C=O) groups is 1. The summed E-state index contributed by atoms with van der Waals surface area (Å²) >= 11 is 6.13. The molecule has 1 N–H and O–H groups in total. The van der Waals surface area contributed by atoms with Crippen LogP contribution in [0.3, 0.4) is 0 Å². The van der Waals surface area contributed by atoms with Crippen molar-refractivity contribution in [3.63, 3.8) is 0 Å². The SMILES string of the molecule is CC1CN(C(=O)c2ccc(O)cc2)CCC1Cl. The van der Waals surface area contributed by atoms with E-state index in [1.54, 1.807) is 12.1 Å². The number of amides is 1. The lowest BCUT2D eigenvalue weighted by Crippen LogP contribution is -2.43. The van der Waals surface area contributed by atoms with Gasteiger partial charge in [-0.2, -0.15) is 0 Å². The minimum atomic E-state index is 0.0143. The molecule has 0 spiro atoms. The molecule has 3 nitrogen and oxygen atoms in total. The third-order valence-corrected chi connectivity index (χ3v) is 3.85. The highest BCUT2D eigenvalue weighted by molar-refractivity contribution is 6.20. The molecule has 17 heavy (non-hydrogen) atoms. The average molecular weight is 254 g/mol. The molecular weight excluding hydrogens is 238 g/mol. The molecule has 1 aliphatic rings. The summed E-state index contributed by atoms with van der Waals surface area (Å²) in [7, 11) is 0. The minimum Gasteiger partial charge on any atom is -0.508 e. The minimum absolute atomic E-state index is 0.0143. The number of carbonyl (C=O) groups excluding carboxylic acids is 1. The molecule has 92 valence electrons. The molecule has 1 saturated heterocycles. The molecule has 1 heterocycles. The molecule has 1 fully saturated rings. The van der Waals surface area contributed by atoms with E-state index in [1.165, 1.54) is 12.1 Å². The van der Waals surface area contributed by atoms with E-state index < -0.39 is 0 Å². The van der Waals surface area contributed by atoms with Gasteiger partial charge in [0, 0.05) is 24.0 Å². The fourth-order valence-corrected chi connectivity index (χ4v) is 2.27. The van der Waals surface area contributed by atoms with Crippen molar-refractivity contribution in [3.8, 4) is 5.75 Å². The molecule has 2 atom stereocenters. The predicted octanol–water partition coefficient (Wildman–Crippen LogP) is 2.48. The van der Waals surface area contributed by atoms with Crippen molar-refractivity contribution in [1.82, 2.24) is 4.90 Å². The summed E-state index contributed by atoms with van der Waals surface area (Å²) < 4.78 is 0. The van der Waals surface area contributed by atoms with Crippen LogP contribution >= 0.6 is 11.6 Å². The molecule has 0 bridgehead atoms. The summed E-state index contributed by atoms with van der Waals surface area (Å²) in [6, 6.07) is 6.36. The average Bonchev–Trinajstić information content (AvgIpc) is 2.33. The number of likely N-dealkylation sites (tertiary alicyclic amines) is 1. The zero-order valence-electron chi connectivity index (χ0n) is 9.77. The van der Waals surface area contributed by atoms with Gasteiger partial charge in [0.15, 0.2) is 0 Å². The number of alkyl halides is 1. The second-order valence-corrected chi connectivity index (χ2v) is 5.14. The first kappa shape index (κ1) is 12.2. The van der Waals surface area contributed by atoms with Crippen LogP contribution in [0.1, 0.15) is 23.7 Å². The number of nitrogens with zero attached hydrogens (tertiary/aromatic N) is 1. The van der Waals surface area contributed by atoms with Crippen LogP contribution in [0, 0.1) is 5.92 Å². The lowest BCUT2D eigenvalue weighted by atomic mass is 9.99. The molecule has 0 saturated carbocycles. The van der Waals surface area contributed by atoms with Gasteiger partial charge in [-0.1, -0.05) is 6.92 Å². The van der Waals surface area contributed by atoms with Gasteiger partial charge in [-0.3, -0.25) is 4.79 Å². The van der Waals surface area contributed by atoms with Crippen LogP contribution in [0.4, 0.5) is 0 Å². The molecule has 2 unspecified atom stereocenters. The van der Waals surface area contributed by atoms with Crippen LogP contribution in [0.15, 0.2) is 24.3 Å². The van der Waals surface area contributed by atoms with Gasteiger partial charge in [-0.25, -0.2) is 0 Å². The molecule has 1 aromatic carbocycles. The maximum atomic E-state index is 12.2. The van der Waals surface area contributed by atoms with Crippen LogP contribution in [0.2, 0.25) is 0 Å². The van der Waals surface area contributed by atoms with E-state index in [0.29, 0.717) is 24.6 Å². The summed E-state index contributed by atoms with van der Waals surface area (Å²) in [4.78, 5) is 14.0. The summed E-state index contributed by atoms with van der Waals surface area (Å²) in [5, 5.41) is 9.35. The van der Waals surface area contributed by atoms with Crippen molar-refractivity contribution < 1.29 is 9.90 Å². The fourth-order valence-electron chi connectivity index (χ4n) is 2.09. The first-order chi connectivity index (χ1) is 8.08. The standard InChI is InChI=1S/C13H16ClNO2/c1-9-8-15(7-6-12(9)14)13(17)10-2-4-11(16)5-3-10/h2-5,9,12,16H,6-8H2,1H3. The molecule has 1 aromatic rings. The van der Waals surface area contributed by atoms with Gasteiger partial charge >= 0.3 is 0 Å². The Hall–Kier alpha value is -1.22. The smallest absolute Gasteiger partial charge is 0.253 e. The van der Waals surface area contributed by atoms with E-state index in [2.05, 4.69) is 6.92 Å². The van der Waals surface area contributed by atoms with Crippen molar-refractivity contribution in [2.45, 2.75) is 18.7 Å². The number of hydrogen-bond acceptors (Lipinski definition) is 2. The van der Waals surface area contributed by atoms with Crippen LogP contribution < -0.4 is 0 Å². The normalized spacial score (nSPS) is 24.7. The molecular formula is C13H16ClNO2. The Morgan fingerprint density at radius 3 is 2.65 bits per heavy atom. The first-order valence-electron chi connectivity index (χ1n) is 5.80. The Kier molecular flexibility index (Phi) is 3.57. The first-order valence-corrected chi connectivity index (χ1v) is 6.24. The maximum absolute atomic E-state index is 12.2. The molecule has 0 radical (unpaired) electrons. The molecule has 1 aliphatic heterocycles. The Balaban J connectivity index is 2.08. The number of phenols is 1. The third kappa shape index (κ3) is 2.72. The van der Waals surface area contributed by atoms with E-state index in [-0.39, 0.29) is 17.0 Å². The van der Waals surface area contributed by atoms with Gasteiger partial charge in [-0.15, -0.1) is 11.6 Å². The molecule has 0 aromatic heterocycles. The topological polar surface area (TPSA) is 40.5 Å². The zero-order valence-corrected chi connectivity index (χ0v) is 10.5. The van der Waals surface area contributed by atoms with E-state index in [1.807, 2.05) is 4.90 Å². The van der Waals surface area contributed by atoms with E-state index in [4.69, 9.17) is 11.6 Å². The van der Waals surface area contributed by atoms with Gasteiger partial charge < -0.3 is 10.0 Å². The monoisotopic (exact) mass is 253 g/mol. The van der Waals surface area contributed by atoms with Crippen molar-refractivity contribution in [3.05, 3.63) is 29.8 Å². The number of phenolic OH excluding ortho intramolecular Hbond substituents is 1. The third-order valence-electron chi connectivity index (χ3n) is 3.20. The summed E-state index contributed by atoms with van der Waals surface area (Å²) in [6.07, 6.45) is 0.840. The lowest BCUT2D eigenvalue weighted by molar-refractivity contribution is 0.0687. The lowest BCUT2D eigenvalue weighted by Gasteiger charge is -2.34. The number of aromatic hydroxyl groups is 1. The van der Waals surface area contributed by atoms with E-state index >= 15 is 0 Å². The number of halogens is 1. The predicted molar refractivity (Wildman–Crippen MR) is 67.4 cm³/mol. The number of hydrogen-bond donors (Lipinski definition) is 1. The van der Waals surface area contributed by atoms with Crippen LogP contribution in [0.5, 0.6) is 5.75 Å². The Bertz CT molecular complexity index is 404. The number of benzene rings is 1. The van der Waals surface area contributed by atoms with E-state index in [9.17, 15) is 9.90 Å². The zero-order chi connectivity index (χ0) is 12.4. The van der Waals surface area contributed by atoms with Crippen molar-refractivity contribution in [2.75, 3.05) is 13.1 Å². The van der Waals surface area contributed by atoms with Gasteiger partial charge in [0.2, 0.25) is 0 Å². The summed E-state index contributed by atoms with van der Waals surface area (Å²) in [5.41, 5.74) is 0.614. The highest BCUT2D eigenvalue weighted by Crippen LogP contribution is 2.23. The van der Waals surface area contributed by atoms with Gasteiger partial charge in [0.05, 0.1) is 0 Å². The van der Waals surface area contributed by atoms with Gasteiger partial charge in [-0.05, 0) is 36.6 Å². The highest BCUT2D eigenvalue weighted by atomic mass is 35.5. The number of piperidine rings is 1. The van der Waals surface area contributed by atoms with Crippen molar-refractivity contribution >= 4 is 17.5 Å². The van der Waals surface area contributed by atoms with Gasteiger partial charge in [0.1, 0.15) is 5.75 Å². The largest absolute Gasteiger partial charge is 0.508 e. The van der Waals surface area contributed by atoms with Crippen LogP contribution in [-0.2, 0) is 0 Å². The van der Waals surface area contributed by atoms with Crippen molar-refractivity contribution in [1.29, 1.82) is 0 Å². The quantitative estimate of drug-likeness (QED) is 0.782. The summed E-state index contributed by atoms with van der Waals surface area (Å²) in [6.45, 7) is 3.47. The Morgan fingerprint density at radius 2 is 2.06 bits per heavy atom. The molecule has 1 amide bonds.